The first-order valence-corrected chi connectivity index (χ1v) is 6.78. The van der Waals surface area contributed by atoms with Crippen LogP contribution in [0, 0.1) is 0 Å². The Morgan fingerprint density at radius 2 is 1.67 bits per heavy atom. The van der Waals surface area contributed by atoms with Crippen LogP contribution in [0.3, 0.4) is 0 Å². The molecule has 4 heteroatoms. The van der Waals surface area contributed by atoms with Crippen molar-refractivity contribution < 1.29 is 19.1 Å². The molecule has 0 saturated heterocycles. The van der Waals surface area contributed by atoms with Crippen molar-refractivity contribution in [2.24, 2.45) is 0 Å². The number of hydrogen-bond acceptors (Lipinski definition) is 4. The van der Waals surface area contributed by atoms with Gasteiger partial charge in [-0.1, -0.05) is 51.6 Å². The molecule has 0 aliphatic carbocycles. The van der Waals surface area contributed by atoms with Gasteiger partial charge in [0.2, 0.25) is 0 Å². The second kappa shape index (κ2) is 7.07. The zero-order valence-electron chi connectivity index (χ0n) is 13.1. The molecule has 0 atom stereocenters. The summed E-state index contributed by atoms with van der Waals surface area (Å²) in [7, 11) is 0. The SMILES string of the molecule is C=C(C)C(=O)OCC(=O)OCc1ccc(C(C)(C)C)cc1. The number of rotatable bonds is 5. The van der Waals surface area contributed by atoms with Gasteiger partial charge in [-0.15, -0.1) is 0 Å². The third kappa shape index (κ3) is 5.81. The van der Waals surface area contributed by atoms with Crippen LogP contribution >= 0.6 is 0 Å². The number of benzene rings is 1. The van der Waals surface area contributed by atoms with E-state index in [4.69, 9.17) is 9.47 Å². The van der Waals surface area contributed by atoms with Gasteiger partial charge in [0.25, 0.3) is 0 Å². The van der Waals surface area contributed by atoms with Crippen LogP contribution in [0.25, 0.3) is 0 Å². The van der Waals surface area contributed by atoms with Gasteiger partial charge < -0.3 is 9.47 Å². The lowest BCUT2D eigenvalue weighted by molar-refractivity contribution is -0.157. The summed E-state index contributed by atoms with van der Waals surface area (Å²) < 4.78 is 9.74. The van der Waals surface area contributed by atoms with Crippen molar-refractivity contribution in [3.63, 3.8) is 0 Å². The van der Waals surface area contributed by atoms with E-state index in [0.717, 1.165) is 5.56 Å². The normalized spacial score (nSPS) is 10.9. The Morgan fingerprint density at radius 3 is 2.14 bits per heavy atom. The van der Waals surface area contributed by atoms with Gasteiger partial charge in [0.1, 0.15) is 6.61 Å². The van der Waals surface area contributed by atoms with Crippen LogP contribution in [0.5, 0.6) is 0 Å². The second-order valence-electron chi connectivity index (χ2n) is 5.96. The summed E-state index contributed by atoms with van der Waals surface area (Å²) in [5.74, 6) is -1.18. The van der Waals surface area contributed by atoms with E-state index in [-0.39, 0.29) is 17.6 Å². The summed E-state index contributed by atoms with van der Waals surface area (Å²) in [6, 6.07) is 7.88. The van der Waals surface area contributed by atoms with Gasteiger partial charge in [-0.3, -0.25) is 0 Å². The lowest BCUT2D eigenvalue weighted by Gasteiger charge is -2.19. The smallest absolute Gasteiger partial charge is 0.344 e. The summed E-state index contributed by atoms with van der Waals surface area (Å²) in [5, 5.41) is 0. The Morgan fingerprint density at radius 1 is 1.10 bits per heavy atom. The lowest BCUT2D eigenvalue weighted by atomic mass is 9.87. The minimum absolute atomic E-state index is 0.0892. The van der Waals surface area contributed by atoms with Crippen molar-refractivity contribution in [1.82, 2.24) is 0 Å². The molecule has 0 radical (unpaired) electrons. The topological polar surface area (TPSA) is 52.6 Å². The summed E-state index contributed by atoms with van der Waals surface area (Å²) in [5.41, 5.74) is 2.45. The summed E-state index contributed by atoms with van der Waals surface area (Å²) >= 11 is 0. The quantitative estimate of drug-likeness (QED) is 0.617. The van der Waals surface area contributed by atoms with E-state index >= 15 is 0 Å². The average Bonchev–Trinajstić information content (AvgIpc) is 2.41. The van der Waals surface area contributed by atoms with Crippen molar-refractivity contribution in [2.75, 3.05) is 6.61 Å². The first-order chi connectivity index (χ1) is 9.70. The molecule has 0 saturated carbocycles. The number of esters is 2. The maximum Gasteiger partial charge on any atom is 0.344 e. The van der Waals surface area contributed by atoms with Crippen molar-refractivity contribution in [2.45, 2.75) is 39.7 Å². The fourth-order valence-corrected chi connectivity index (χ4v) is 1.55. The highest BCUT2D eigenvalue weighted by Gasteiger charge is 2.13. The average molecular weight is 290 g/mol. The van der Waals surface area contributed by atoms with Crippen molar-refractivity contribution in [3.05, 3.63) is 47.5 Å². The predicted octanol–water partition coefficient (Wildman–Crippen LogP) is 3.15. The van der Waals surface area contributed by atoms with Crippen molar-refractivity contribution >= 4 is 11.9 Å². The number of carbonyl (C=O) groups is 2. The van der Waals surface area contributed by atoms with Gasteiger partial charge >= 0.3 is 11.9 Å². The zero-order chi connectivity index (χ0) is 16.0. The molecule has 0 unspecified atom stereocenters. The minimum Gasteiger partial charge on any atom is -0.458 e. The molecule has 1 rings (SSSR count). The van der Waals surface area contributed by atoms with Crippen molar-refractivity contribution in [3.8, 4) is 0 Å². The van der Waals surface area contributed by atoms with E-state index in [9.17, 15) is 9.59 Å². The molecule has 0 N–H and O–H groups in total. The number of ether oxygens (including phenoxy) is 2. The summed E-state index contributed by atoms with van der Waals surface area (Å²) in [6.07, 6.45) is 0. The Labute approximate surface area is 125 Å². The molecule has 0 heterocycles. The molecule has 0 aliphatic rings. The molecule has 1 aromatic carbocycles. The zero-order valence-corrected chi connectivity index (χ0v) is 13.1. The van der Waals surface area contributed by atoms with E-state index < -0.39 is 18.5 Å². The monoisotopic (exact) mass is 290 g/mol. The van der Waals surface area contributed by atoms with Crippen LogP contribution in [0.15, 0.2) is 36.4 Å². The number of carbonyl (C=O) groups excluding carboxylic acids is 2. The Bertz CT molecular complexity index is 521. The Hall–Kier alpha value is -2.10. The molecule has 114 valence electrons. The van der Waals surface area contributed by atoms with Crippen LogP contribution in [-0.4, -0.2) is 18.5 Å². The van der Waals surface area contributed by atoms with Crippen LogP contribution in [0.1, 0.15) is 38.8 Å². The fourth-order valence-electron chi connectivity index (χ4n) is 1.55. The molecule has 21 heavy (non-hydrogen) atoms. The van der Waals surface area contributed by atoms with Crippen LogP contribution in [0.2, 0.25) is 0 Å². The highest BCUT2D eigenvalue weighted by atomic mass is 16.6. The highest BCUT2D eigenvalue weighted by molar-refractivity contribution is 5.88. The maximum absolute atomic E-state index is 11.4. The summed E-state index contributed by atoms with van der Waals surface area (Å²) in [6.45, 7) is 11.1. The predicted molar refractivity (Wildman–Crippen MR) is 80.7 cm³/mol. The molecule has 0 spiro atoms. The molecular weight excluding hydrogens is 268 g/mol. The van der Waals surface area contributed by atoms with Gasteiger partial charge in [0.05, 0.1) is 0 Å². The first kappa shape index (κ1) is 17.0. The summed E-state index contributed by atoms with van der Waals surface area (Å²) in [4.78, 5) is 22.6. The molecule has 4 nitrogen and oxygen atoms in total. The van der Waals surface area contributed by atoms with E-state index in [1.165, 1.54) is 12.5 Å². The van der Waals surface area contributed by atoms with Crippen LogP contribution in [0.4, 0.5) is 0 Å². The maximum atomic E-state index is 11.4. The molecular formula is C17H22O4. The standard InChI is InChI=1S/C17H22O4/c1-12(2)16(19)21-11-15(18)20-10-13-6-8-14(9-7-13)17(3,4)5/h6-9H,1,10-11H2,2-5H3. The molecule has 0 aliphatic heterocycles. The van der Waals surface area contributed by atoms with Gasteiger partial charge in [-0.05, 0) is 23.5 Å². The van der Waals surface area contributed by atoms with E-state index in [1.807, 2.05) is 24.3 Å². The number of hydrogen-bond donors (Lipinski definition) is 0. The highest BCUT2D eigenvalue weighted by Crippen LogP contribution is 2.22. The third-order valence-corrected chi connectivity index (χ3v) is 2.89. The fraction of sp³-hybridized carbons (Fsp3) is 0.412. The van der Waals surface area contributed by atoms with E-state index in [2.05, 4.69) is 27.4 Å². The van der Waals surface area contributed by atoms with Gasteiger partial charge in [0.15, 0.2) is 6.61 Å². The van der Waals surface area contributed by atoms with Gasteiger partial charge in [-0.25, -0.2) is 9.59 Å². The Balaban J connectivity index is 2.43. The third-order valence-electron chi connectivity index (χ3n) is 2.89. The molecule has 0 fully saturated rings. The molecule has 1 aromatic rings. The molecule has 0 aromatic heterocycles. The molecule has 0 amide bonds. The largest absolute Gasteiger partial charge is 0.458 e. The van der Waals surface area contributed by atoms with Gasteiger partial charge in [0, 0.05) is 5.57 Å². The van der Waals surface area contributed by atoms with Crippen LogP contribution in [-0.2, 0) is 31.1 Å². The Kier molecular flexibility index (Phi) is 5.70. The van der Waals surface area contributed by atoms with Crippen LogP contribution < -0.4 is 0 Å². The molecule has 0 bridgehead atoms. The first-order valence-electron chi connectivity index (χ1n) is 6.78. The second-order valence-corrected chi connectivity index (χ2v) is 5.96. The van der Waals surface area contributed by atoms with E-state index in [1.54, 1.807) is 0 Å². The van der Waals surface area contributed by atoms with Gasteiger partial charge in [-0.2, -0.15) is 0 Å². The minimum atomic E-state index is -0.596. The lowest BCUT2D eigenvalue weighted by Crippen LogP contribution is -2.16. The van der Waals surface area contributed by atoms with E-state index in [0.29, 0.717) is 0 Å². The van der Waals surface area contributed by atoms with Crippen molar-refractivity contribution in [1.29, 1.82) is 0 Å².